The van der Waals surface area contributed by atoms with Crippen LogP contribution in [0.5, 0.6) is 0 Å². The minimum atomic E-state index is -0.685. The fourth-order valence-corrected chi connectivity index (χ4v) is 5.41. The van der Waals surface area contributed by atoms with Crippen molar-refractivity contribution in [1.82, 2.24) is 15.5 Å². The average Bonchev–Trinajstić information content (AvgIpc) is 3.11. The summed E-state index contributed by atoms with van der Waals surface area (Å²) in [6.07, 6.45) is 6.86. The standard InChI is InChI=1S/C19H38N4O2S/c1-4-20-19(21-15-17-9-7-11-23(17)12-13-25-3)22-16-8-6-10-18(14-16)26(24)5-2/h16-18H,4-15H2,1-3H3,(H2,20,21,22). The molecule has 2 rings (SSSR count). The summed E-state index contributed by atoms with van der Waals surface area (Å²) in [4.78, 5) is 7.37. The van der Waals surface area contributed by atoms with E-state index < -0.39 is 10.8 Å². The molecule has 1 heterocycles. The van der Waals surface area contributed by atoms with Crippen molar-refractivity contribution in [2.24, 2.45) is 4.99 Å². The predicted octanol–water partition coefficient (Wildman–Crippen LogP) is 1.73. The maximum absolute atomic E-state index is 12.2. The van der Waals surface area contributed by atoms with E-state index in [0.29, 0.717) is 17.3 Å². The van der Waals surface area contributed by atoms with E-state index in [9.17, 15) is 4.21 Å². The third-order valence-corrected chi connectivity index (χ3v) is 7.25. The molecule has 0 aromatic heterocycles. The number of hydrogen-bond acceptors (Lipinski definition) is 4. The fraction of sp³-hybridized carbons (Fsp3) is 0.947. The summed E-state index contributed by atoms with van der Waals surface area (Å²) < 4.78 is 17.4. The van der Waals surface area contributed by atoms with Gasteiger partial charge in [0.25, 0.3) is 0 Å². The molecule has 1 saturated carbocycles. The molecular formula is C19H38N4O2S. The molecule has 0 bridgehead atoms. The van der Waals surface area contributed by atoms with Gasteiger partial charge in [-0.2, -0.15) is 0 Å². The number of nitrogens with zero attached hydrogens (tertiary/aromatic N) is 2. The summed E-state index contributed by atoms with van der Waals surface area (Å²) in [5.41, 5.74) is 0. The maximum Gasteiger partial charge on any atom is 0.191 e. The predicted molar refractivity (Wildman–Crippen MR) is 110 cm³/mol. The maximum atomic E-state index is 12.2. The number of hydrogen-bond donors (Lipinski definition) is 2. The number of ether oxygens (including phenoxy) is 1. The van der Waals surface area contributed by atoms with E-state index in [1.807, 2.05) is 6.92 Å². The van der Waals surface area contributed by atoms with Crippen LogP contribution in [-0.2, 0) is 15.5 Å². The molecule has 0 aromatic carbocycles. The van der Waals surface area contributed by atoms with Crippen LogP contribution in [0.3, 0.4) is 0 Å². The lowest BCUT2D eigenvalue weighted by Crippen LogP contribution is -2.47. The minimum Gasteiger partial charge on any atom is -0.383 e. The lowest BCUT2D eigenvalue weighted by atomic mass is 9.95. The van der Waals surface area contributed by atoms with Gasteiger partial charge >= 0.3 is 0 Å². The van der Waals surface area contributed by atoms with Crippen molar-refractivity contribution >= 4 is 16.8 Å². The molecule has 0 amide bonds. The van der Waals surface area contributed by atoms with E-state index >= 15 is 0 Å². The van der Waals surface area contributed by atoms with Gasteiger partial charge in [-0.25, -0.2) is 0 Å². The van der Waals surface area contributed by atoms with E-state index in [1.165, 1.54) is 12.8 Å². The Morgan fingerprint density at radius 1 is 1.27 bits per heavy atom. The fourth-order valence-electron chi connectivity index (χ4n) is 4.07. The average molecular weight is 387 g/mol. The smallest absolute Gasteiger partial charge is 0.191 e. The normalized spacial score (nSPS) is 28.9. The van der Waals surface area contributed by atoms with Gasteiger partial charge in [-0.1, -0.05) is 13.3 Å². The Morgan fingerprint density at radius 3 is 2.85 bits per heavy atom. The largest absolute Gasteiger partial charge is 0.383 e. The summed E-state index contributed by atoms with van der Waals surface area (Å²) in [5, 5.41) is 7.34. The van der Waals surface area contributed by atoms with Gasteiger partial charge in [0.15, 0.2) is 5.96 Å². The zero-order chi connectivity index (χ0) is 18.8. The highest BCUT2D eigenvalue weighted by atomic mass is 32.2. The number of methoxy groups -OCH3 is 1. The second kappa shape index (κ2) is 11.9. The Kier molecular flexibility index (Phi) is 9.93. The summed E-state index contributed by atoms with van der Waals surface area (Å²) in [6, 6.07) is 0.905. The molecule has 0 radical (unpaired) electrons. The quantitative estimate of drug-likeness (QED) is 0.467. The Labute approximate surface area is 162 Å². The van der Waals surface area contributed by atoms with E-state index in [2.05, 4.69) is 22.5 Å². The van der Waals surface area contributed by atoms with Crippen LogP contribution >= 0.6 is 0 Å². The summed E-state index contributed by atoms with van der Waals surface area (Å²) in [6.45, 7) is 8.76. The number of rotatable bonds is 9. The molecule has 6 nitrogen and oxygen atoms in total. The first-order chi connectivity index (χ1) is 12.7. The van der Waals surface area contributed by atoms with E-state index in [1.54, 1.807) is 7.11 Å². The van der Waals surface area contributed by atoms with Crippen LogP contribution in [0.4, 0.5) is 0 Å². The summed E-state index contributed by atoms with van der Waals surface area (Å²) in [5.74, 6) is 1.68. The minimum absolute atomic E-state index is 0.341. The van der Waals surface area contributed by atoms with Gasteiger partial charge < -0.3 is 15.4 Å². The highest BCUT2D eigenvalue weighted by Gasteiger charge is 2.27. The van der Waals surface area contributed by atoms with Gasteiger partial charge in [0, 0.05) is 54.1 Å². The Morgan fingerprint density at radius 2 is 2.12 bits per heavy atom. The SMILES string of the molecule is CCNC(=NCC1CCCN1CCOC)NC1CCCC(S(=O)CC)C1. The van der Waals surface area contributed by atoms with Crippen LogP contribution in [-0.4, -0.2) is 78.1 Å². The van der Waals surface area contributed by atoms with Crippen LogP contribution in [0, 0.1) is 0 Å². The van der Waals surface area contributed by atoms with E-state index in [-0.39, 0.29) is 0 Å². The number of guanidine groups is 1. The van der Waals surface area contributed by atoms with Gasteiger partial charge in [-0.15, -0.1) is 0 Å². The number of likely N-dealkylation sites (tertiary alicyclic amines) is 1. The Balaban J connectivity index is 1.88. The molecule has 26 heavy (non-hydrogen) atoms. The lowest BCUT2D eigenvalue weighted by molar-refractivity contribution is 0.142. The zero-order valence-corrected chi connectivity index (χ0v) is 17.7. The van der Waals surface area contributed by atoms with Crippen molar-refractivity contribution in [3.63, 3.8) is 0 Å². The molecule has 1 saturated heterocycles. The molecule has 4 unspecified atom stereocenters. The second-order valence-electron chi connectivity index (χ2n) is 7.34. The molecule has 2 aliphatic rings. The Bertz CT molecular complexity index is 461. The Hall–Kier alpha value is -0.660. The van der Waals surface area contributed by atoms with Crippen molar-refractivity contribution in [3.8, 4) is 0 Å². The van der Waals surface area contributed by atoms with Gasteiger partial charge in [0.2, 0.25) is 0 Å². The van der Waals surface area contributed by atoms with Crippen LogP contribution in [0.1, 0.15) is 52.4 Å². The van der Waals surface area contributed by atoms with E-state index in [0.717, 1.165) is 70.2 Å². The first-order valence-corrected chi connectivity index (χ1v) is 11.7. The highest BCUT2D eigenvalue weighted by molar-refractivity contribution is 7.85. The van der Waals surface area contributed by atoms with Crippen molar-refractivity contribution in [1.29, 1.82) is 0 Å². The molecule has 0 spiro atoms. The molecule has 4 atom stereocenters. The monoisotopic (exact) mass is 386 g/mol. The molecule has 1 aliphatic heterocycles. The number of aliphatic imine (C=N–C) groups is 1. The van der Waals surface area contributed by atoms with Crippen LogP contribution in [0.15, 0.2) is 4.99 Å². The highest BCUT2D eigenvalue weighted by Crippen LogP contribution is 2.23. The van der Waals surface area contributed by atoms with E-state index in [4.69, 9.17) is 9.73 Å². The number of nitrogens with one attached hydrogen (secondary N) is 2. The molecule has 152 valence electrons. The molecule has 1 aliphatic carbocycles. The third kappa shape index (κ3) is 6.82. The zero-order valence-electron chi connectivity index (χ0n) is 16.8. The molecular weight excluding hydrogens is 348 g/mol. The van der Waals surface area contributed by atoms with Crippen molar-refractivity contribution in [2.75, 3.05) is 45.6 Å². The van der Waals surface area contributed by atoms with Crippen molar-refractivity contribution in [2.45, 2.75) is 69.7 Å². The van der Waals surface area contributed by atoms with Crippen molar-refractivity contribution in [3.05, 3.63) is 0 Å². The van der Waals surface area contributed by atoms with Crippen LogP contribution < -0.4 is 10.6 Å². The van der Waals surface area contributed by atoms with Gasteiger partial charge in [0.1, 0.15) is 0 Å². The van der Waals surface area contributed by atoms with Gasteiger partial charge in [0.05, 0.1) is 13.2 Å². The second-order valence-corrected chi connectivity index (χ2v) is 9.35. The van der Waals surface area contributed by atoms with Crippen LogP contribution in [0.2, 0.25) is 0 Å². The first kappa shape index (κ1) is 21.6. The third-order valence-electron chi connectivity index (χ3n) is 5.51. The molecule has 7 heteroatoms. The van der Waals surface area contributed by atoms with Crippen LogP contribution in [0.25, 0.3) is 0 Å². The topological polar surface area (TPSA) is 66.0 Å². The summed E-state index contributed by atoms with van der Waals surface area (Å²) >= 11 is 0. The van der Waals surface area contributed by atoms with Gasteiger partial charge in [-0.05, 0) is 45.6 Å². The van der Waals surface area contributed by atoms with Gasteiger partial charge in [-0.3, -0.25) is 14.1 Å². The molecule has 0 aromatic rings. The molecule has 2 N–H and O–H groups in total. The molecule has 2 fully saturated rings. The van der Waals surface area contributed by atoms with Crippen molar-refractivity contribution < 1.29 is 8.95 Å². The summed E-state index contributed by atoms with van der Waals surface area (Å²) in [7, 11) is 1.08. The lowest BCUT2D eigenvalue weighted by Gasteiger charge is -2.30. The first-order valence-electron chi connectivity index (χ1n) is 10.3.